The van der Waals surface area contributed by atoms with Gasteiger partial charge >= 0.3 is 0 Å². The molecule has 21 heavy (non-hydrogen) atoms. The lowest BCUT2D eigenvalue weighted by molar-refractivity contribution is 0.270. The van der Waals surface area contributed by atoms with Crippen molar-refractivity contribution in [2.75, 3.05) is 0 Å². The highest BCUT2D eigenvalue weighted by Crippen LogP contribution is 2.29. The highest BCUT2D eigenvalue weighted by atomic mass is 32.2. The largest absolute Gasteiger partial charge is 0.310 e. The van der Waals surface area contributed by atoms with Crippen molar-refractivity contribution < 1.29 is 8.42 Å². The van der Waals surface area contributed by atoms with E-state index < -0.39 is 10.0 Å². The topological polar surface area (TPSA) is 58.2 Å². The lowest BCUT2D eigenvalue weighted by Crippen LogP contribution is -2.43. The Morgan fingerprint density at radius 3 is 2.52 bits per heavy atom. The maximum absolute atomic E-state index is 12.5. The fourth-order valence-corrected chi connectivity index (χ4v) is 4.52. The zero-order chi connectivity index (χ0) is 15.0. The molecule has 0 heterocycles. The molecule has 1 aromatic carbocycles. The molecule has 5 heteroatoms. The summed E-state index contributed by atoms with van der Waals surface area (Å²) in [7, 11) is -3.40. The van der Waals surface area contributed by atoms with Crippen molar-refractivity contribution in [3.05, 3.63) is 29.3 Å². The Morgan fingerprint density at radius 2 is 1.90 bits per heavy atom. The highest BCUT2D eigenvalue weighted by molar-refractivity contribution is 7.89. The lowest BCUT2D eigenvalue weighted by atomic mass is 9.83. The first-order valence-corrected chi connectivity index (χ1v) is 9.28. The Bertz CT molecular complexity index is 617. The minimum Gasteiger partial charge on any atom is -0.310 e. The molecule has 0 unspecified atom stereocenters. The van der Waals surface area contributed by atoms with Crippen LogP contribution in [-0.2, 0) is 16.6 Å². The van der Waals surface area contributed by atoms with Crippen LogP contribution in [0.4, 0.5) is 0 Å². The molecule has 0 spiro atoms. The zero-order valence-corrected chi connectivity index (χ0v) is 13.5. The first kappa shape index (κ1) is 15.0. The summed E-state index contributed by atoms with van der Waals surface area (Å²) in [5.74, 6) is 0.632. The third-order valence-corrected chi connectivity index (χ3v) is 6.20. The fourth-order valence-electron chi connectivity index (χ4n) is 2.97. The van der Waals surface area contributed by atoms with Gasteiger partial charge in [0.25, 0.3) is 0 Å². The van der Waals surface area contributed by atoms with E-state index in [1.807, 2.05) is 19.1 Å². The summed E-state index contributed by atoms with van der Waals surface area (Å²) in [6.07, 6.45) is 4.36. The molecular weight excluding hydrogens is 284 g/mol. The third-order valence-electron chi connectivity index (χ3n) is 4.54. The number of hydrogen-bond donors (Lipinski definition) is 2. The quantitative estimate of drug-likeness (QED) is 0.848. The van der Waals surface area contributed by atoms with E-state index in [0.29, 0.717) is 16.9 Å². The van der Waals surface area contributed by atoms with E-state index >= 15 is 0 Å². The zero-order valence-electron chi connectivity index (χ0n) is 12.7. The second-order valence-electron chi connectivity index (χ2n) is 6.59. The summed E-state index contributed by atoms with van der Waals surface area (Å²) in [6.45, 7) is 4.81. The predicted octanol–water partition coefficient (Wildman–Crippen LogP) is 2.32. The van der Waals surface area contributed by atoms with E-state index in [4.69, 9.17) is 0 Å². The molecule has 2 aliphatic rings. The van der Waals surface area contributed by atoms with Gasteiger partial charge in [-0.05, 0) is 55.7 Å². The van der Waals surface area contributed by atoms with Crippen molar-refractivity contribution in [2.24, 2.45) is 5.92 Å². The van der Waals surface area contributed by atoms with Gasteiger partial charge in [0.15, 0.2) is 0 Å². The van der Waals surface area contributed by atoms with Crippen LogP contribution in [0.2, 0.25) is 0 Å². The van der Waals surface area contributed by atoms with E-state index in [-0.39, 0.29) is 6.04 Å². The Kier molecular flexibility index (Phi) is 4.08. The molecule has 1 aromatic rings. The van der Waals surface area contributed by atoms with E-state index in [9.17, 15) is 8.42 Å². The van der Waals surface area contributed by atoms with E-state index in [0.717, 1.165) is 30.5 Å². The van der Waals surface area contributed by atoms with Gasteiger partial charge in [-0.3, -0.25) is 0 Å². The van der Waals surface area contributed by atoms with Crippen molar-refractivity contribution in [1.82, 2.24) is 10.0 Å². The monoisotopic (exact) mass is 308 g/mol. The Labute approximate surface area is 127 Å². The minimum absolute atomic E-state index is 0.109. The van der Waals surface area contributed by atoms with Crippen LogP contribution in [0.15, 0.2) is 23.1 Å². The SMILES string of the molecule is Cc1c(CNC2CC2)cccc1S(=O)(=O)NC1CC(C)C1. The molecule has 0 amide bonds. The molecule has 0 bridgehead atoms. The van der Waals surface area contributed by atoms with Gasteiger partial charge in [-0.15, -0.1) is 0 Å². The van der Waals surface area contributed by atoms with Crippen molar-refractivity contribution in [1.29, 1.82) is 0 Å². The second-order valence-corrected chi connectivity index (χ2v) is 8.27. The standard InChI is InChI=1S/C16H24N2O2S/c1-11-8-15(9-11)18-21(19,20)16-5-3-4-13(12(16)2)10-17-14-6-7-14/h3-5,11,14-15,17-18H,6-10H2,1-2H3. The van der Waals surface area contributed by atoms with E-state index in [2.05, 4.69) is 17.0 Å². The normalized spacial score (nSPS) is 25.6. The molecule has 2 aliphatic carbocycles. The molecular formula is C16H24N2O2S. The summed E-state index contributed by atoms with van der Waals surface area (Å²) in [6, 6.07) is 6.29. The molecule has 3 rings (SSSR count). The lowest BCUT2D eigenvalue weighted by Gasteiger charge is -2.33. The average Bonchev–Trinajstić information content (AvgIpc) is 3.19. The molecule has 0 radical (unpaired) electrons. The first-order valence-electron chi connectivity index (χ1n) is 7.80. The number of rotatable bonds is 6. The Hall–Kier alpha value is -0.910. The maximum atomic E-state index is 12.5. The maximum Gasteiger partial charge on any atom is 0.241 e. The van der Waals surface area contributed by atoms with Gasteiger partial charge in [-0.2, -0.15) is 0 Å². The number of benzene rings is 1. The van der Waals surface area contributed by atoms with E-state index in [1.165, 1.54) is 12.8 Å². The van der Waals surface area contributed by atoms with Crippen molar-refractivity contribution >= 4 is 10.0 Å². The van der Waals surface area contributed by atoms with Crippen molar-refractivity contribution in [3.63, 3.8) is 0 Å². The van der Waals surface area contributed by atoms with Crippen molar-refractivity contribution in [3.8, 4) is 0 Å². The highest BCUT2D eigenvalue weighted by Gasteiger charge is 2.30. The van der Waals surface area contributed by atoms with Crippen LogP contribution in [0.5, 0.6) is 0 Å². The van der Waals surface area contributed by atoms with Crippen LogP contribution in [0.1, 0.15) is 43.7 Å². The van der Waals surface area contributed by atoms with Gasteiger partial charge in [0.2, 0.25) is 10.0 Å². The third kappa shape index (κ3) is 3.47. The Balaban J connectivity index is 1.75. The smallest absolute Gasteiger partial charge is 0.241 e. The summed E-state index contributed by atoms with van der Waals surface area (Å²) >= 11 is 0. The summed E-state index contributed by atoms with van der Waals surface area (Å²) in [4.78, 5) is 0.428. The number of sulfonamides is 1. The Morgan fingerprint density at radius 1 is 1.19 bits per heavy atom. The molecule has 0 atom stereocenters. The molecule has 116 valence electrons. The summed E-state index contributed by atoms with van der Waals surface area (Å²) in [5.41, 5.74) is 1.94. The molecule has 2 fully saturated rings. The van der Waals surface area contributed by atoms with Crippen LogP contribution in [-0.4, -0.2) is 20.5 Å². The van der Waals surface area contributed by atoms with Crippen LogP contribution in [0.3, 0.4) is 0 Å². The summed E-state index contributed by atoms with van der Waals surface area (Å²) < 4.78 is 27.9. The first-order chi connectivity index (χ1) is 9.95. The molecule has 0 aliphatic heterocycles. The van der Waals surface area contributed by atoms with E-state index in [1.54, 1.807) is 6.07 Å². The average molecular weight is 308 g/mol. The summed E-state index contributed by atoms with van der Waals surface area (Å²) in [5, 5.41) is 3.45. The molecule has 2 saturated carbocycles. The fraction of sp³-hybridized carbons (Fsp3) is 0.625. The van der Waals surface area contributed by atoms with Gasteiger partial charge in [0, 0.05) is 18.6 Å². The minimum atomic E-state index is -3.40. The van der Waals surface area contributed by atoms with Gasteiger partial charge < -0.3 is 5.32 Å². The second kappa shape index (κ2) is 5.71. The van der Waals surface area contributed by atoms with Crippen LogP contribution in [0, 0.1) is 12.8 Å². The van der Waals surface area contributed by atoms with Gasteiger partial charge in [-0.25, -0.2) is 13.1 Å². The molecule has 4 nitrogen and oxygen atoms in total. The van der Waals surface area contributed by atoms with Crippen LogP contribution in [0.25, 0.3) is 0 Å². The number of hydrogen-bond acceptors (Lipinski definition) is 3. The molecule has 0 saturated heterocycles. The predicted molar refractivity (Wildman–Crippen MR) is 83.5 cm³/mol. The van der Waals surface area contributed by atoms with Gasteiger partial charge in [0.1, 0.15) is 0 Å². The molecule has 2 N–H and O–H groups in total. The van der Waals surface area contributed by atoms with Crippen molar-refractivity contribution in [2.45, 2.75) is 63.1 Å². The van der Waals surface area contributed by atoms with Crippen LogP contribution < -0.4 is 10.0 Å². The van der Waals surface area contributed by atoms with Crippen LogP contribution >= 0.6 is 0 Å². The molecule has 0 aromatic heterocycles. The van der Waals surface area contributed by atoms with Gasteiger partial charge in [0.05, 0.1) is 4.90 Å². The van der Waals surface area contributed by atoms with Gasteiger partial charge in [-0.1, -0.05) is 19.1 Å². The number of nitrogens with one attached hydrogen (secondary N) is 2.